The van der Waals surface area contributed by atoms with Gasteiger partial charge in [0.1, 0.15) is 16.8 Å². The minimum atomic E-state index is -0.520. The Kier molecular flexibility index (Phi) is 6.30. The van der Waals surface area contributed by atoms with Gasteiger partial charge in [0.05, 0.1) is 19.4 Å². The first kappa shape index (κ1) is 19.9. The lowest BCUT2D eigenvalue weighted by atomic mass is 10.2. The SMILES string of the molecule is CCOc1ccc(-c2nnc(S[C@H](C)C(=O)OC)n2-c2ccccc2F)cc1. The van der Waals surface area contributed by atoms with Crippen molar-refractivity contribution >= 4 is 17.7 Å². The van der Waals surface area contributed by atoms with Crippen molar-refractivity contribution in [3.05, 3.63) is 54.3 Å². The van der Waals surface area contributed by atoms with E-state index in [2.05, 4.69) is 10.2 Å². The molecule has 6 nitrogen and oxygen atoms in total. The van der Waals surface area contributed by atoms with Gasteiger partial charge in [0.25, 0.3) is 0 Å². The number of methoxy groups -OCH3 is 1. The number of aromatic nitrogens is 3. The zero-order valence-electron chi connectivity index (χ0n) is 15.8. The summed E-state index contributed by atoms with van der Waals surface area (Å²) < 4.78 is 26.4. The molecule has 1 aromatic heterocycles. The number of esters is 1. The van der Waals surface area contributed by atoms with Crippen LogP contribution in [0.2, 0.25) is 0 Å². The molecule has 0 unspecified atom stereocenters. The molecule has 0 saturated heterocycles. The highest BCUT2D eigenvalue weighted by atomic mass is 32.2. The summed E-state index contributed by atoms with van der Waals surface area (Å²) in [6.45, 7) is 4.18. The summed E-state index contributed by atoms with van der Waals surface area (Å²) in [6.07, 6.45) is 0. The second kappa shape index (κ2) is 8.88. The average molecular weight is 401 g/mol. The van der Waals surface area contributed by atoms with E-state index < -0.39 is 17.0 Å². The third-order valence-electron chi connectivity index (χ3n) is 3.97. The van der Waals surface area contributed by atoms with E-state index in [1.165, 1.54) is 13.2 Å². The molecule has 0 aliphatic heterocycles. The van der Waals surface area contributed by atoms with Crippen molar-refractivity contribution in [3.8, 4) is 22.8 Å². The Balaban J connectivity index is 2.07. The van der Waals surface area contributed by atoms with Crippen LogP contribution in [0.5, 0.6) is 5.75 Å². The van der Waals surface area contributed by atoms with E-state index in [4.69, 9.17) is 9.47 Å². The molecule has 2 aromatic carbocycles. The highest BCUT2D eigenvalue weighted by Gasteiger charge is 2.23. The summed E-state index contributed by atoms with van der Waals surface area (Å²) >= 11 is 1.16. The summed E-state index contributed by atoms with van der Waals surface area (Å²) in [4.78, 5) is 11.8. The van der Waals surface area contributed by atoms with E-state index in [0.29, 0.717) is 23.3 Å². The fraction of sp³-hybridized carbons (Fsp3) is 0.250. The molecule has 28 heavy (non-hydrogen) atoms. The molecule has 0 saturated carbocycles. The van der Waals surface area contributed by atoms with Crippen LogP contribution in [0, 0.1) is 5.82 Å². The van der Waals surface area contributed by atoms with Gasteiger partial charge in [-0.15, -0.1) is 10.2 Å². The minimum Gasteiger partial charge on any atom is -0.494 e. The Morgan fingerprint density at radius 1 is 1.18 bits per heavy atom. The van der Waals surface area contributed by atoms with Gasteiger partial charge in [-0.2, -0.15) is 0 Å². The van der Waals surface area contributed by atoms with Gasteiger partial charge < -0.3 is 9.47 Å². The molecule has 0 radical (unpaired) electrons. The third-order valence-corrected chi connectivity index (χ3v) is 4.99. The summed E-state index contributed by atoms with van der Waals surface area (Å²) in [5, 5.41) is 8.32. The van der Waals surface area contributed by atoms with E-state index in [1.54, 1.807) is 29.7 Å². The average Bonchev–Trinajstić information content (AvgIpc) is 3.11. The third kappa shape index (κ3) is 4.17. The standard InChI is InChI=1S/C20H20FN3O3S/c1-4-27-15-11-9-14(10-12-15)18-22-23-20(28-13(2)19(25)26-3)24(18)17-8-6-5-7-16(17)21/h5-13H,4H2,1-3H3/t13-/m1/s1. The predicted octanol–water partition coefficient (Wildman–Crippen LogP) is 4.13. The monoisotopic (exact) mass is 401 g/mol. The van der Waals surface area contributed by atoms with E-state index in [9.17, 15) is 9.18 Å². The first-order valence-corrected chi connectivity index (χ1v) is 9.61. The Bertz CT molecular complexity index is 960. The molecule has 1 atom stereocenters. The van der Waals surface area contributed by atoms with Gasteiger partial charge in [-0.1, -0.05) is 23.9 Å². The van der Waals surface area contributed by atoms with Crippen LogP contribution in [0.4, 0.5) is 4.39 Å². The van der Waals surface area contributed by atoms with Crippen molar-refractivity contribution in [2.24, 2.45) is 0 Å². The van der Waals surface area contributed by atoms with Crippen LogP contribution in [0.15, 0.2) is 53.7 Å². The van der Waals surface area contributed by atoms with E-state index in [1.807, 2.05) is 31.2 Å². The number of benzene rings is 2. The maximum atomic E-state index is 14.6. The Morgan fingerprint density at radius 2 is 1.89 bits per heavy atom. The van der Waals surface area contributed by atoms with Crippen LogP contribution < -0.4 is 4.74 Å². The fourth-order valence-electron chi connectivity index (χ4n) is 2.62. The molecule has 0 bridgehead atoms. The lowest BCUT2D eigenvalue weighted by molar-refractivity contribution is -0.139. The van der Waals surface area contributed by atoms with Crippen molar-refractivity contribution in [1.29, 1.82) is 0 Å². The molecule has 146 valence electrons. The predicted molar refractivity (Wildman–Crippen MR) is 105 cm³/mol. The maximum absolute atomic E-state index is 14.6. The summed E-state index contributed by atoms with van der Waals surface area (Å²) in [7, 11) is 1.33. The summed E-state index contributed by atoms with van der Waals surface area (Å²) in [6, 6.07) is 13.7. The second-order valence-electron chi connectivity index (χ2n) is 5.83. The second-order valence-corrected chi connectivity index (χ2v) is 7.14. The number of hydrogen-bond donors (Lipinski definition) is 0. The van der Waals surface area contributed by atoms with Crippen LogP contribution in [-0.4, -0.2) is 39.7 Å². The lowest BCUT2D eigenvalue weighted by Gasteiger charge is -2.13. The summed E-state index contributed by atoms with van der Waals surface area (Å²) in [5.41, 5.74) is 1.05. The Labute approximate surface area is 166 Å². The fourth-order valence-corrected chi connectivity index (χ4v) is 3.51. The largest absolute Gasteiger partial charge is 0.494 e. The number of thioether (sulfide) groups is 1. The van der Waals surface area contributed by atoms with Crippen molar-refractivity contribution in [3.63, 3.8) is 0 Å². The van der Waals surface area contributed by atoms with Crippen LogP contribution >= 0.6 is 11.8 Å². The van der Waals surface area contributed by atoms with E-state index >= 15 is 0 Å². The van der Waals surface area contributed by atoms with Crippen LogP contribution in [-0.2, 0) is 9.53 Å². The molecule has 0 amide bonds. The van der Waals surface area contributed by atoms with Crippen molar-refractivity contribution in [1.82, 2.24) is 14.8 Å². The molecule has 3 rings (SSSR count). The Morgan fingerprint density at radius 3 is 2.54 bits per heavy atom. The highest BCUT2D eigenvalue weighted by Crippen LogP contribution is 2.32. The zero-order valence-corrected chi connectivity index (χ0v) is 16.6. The number of halogens is 1. The van der Waals surface area contributed by atoms with E-state index in [0.717, 1.165) is 23.1 Å². The zero-order chi connectivity index (χ0) is 20.1. The molecular weight excluding hydrogens is 381 g/mol. The van der Waals surface area contributed by atoms with Crippen molar-refractivity contribution < 1.29 is 18.7 Å². The van der Waals surface area contributed by atoms with Gasteiger partial charge in [-0.05, 0) is 50.2 Å². The molecule has 0 aliphatic carbocycles. The number of ether oxygens (including phenoxy) is 2. The maximum Gasteiger partial charge on any atom is 0.318 e. The molecule has 8 heteroatoms. The van der Waals surface area contributed by atoms with Gasteiger partial charge in [0.15, 0.2) is 11.0 Å². The molecule has 0 spiro atoms. The normalized spacial score (nSPS) is 11.9. The number of rotatable bonds is 7. The number of hydrogen-bond acceptors (Lipinski definition) is 6. The van der Waals surface area contributed by atoms with Crippen LogP contribution in [0.25, 0.3) is 17.1 Å². The van der Waals surface area contributed by atoms with Gasteiger partial charge >= 0.3 is 5.97 Å². The van der Waals surface area contributed by atoms with Gasteiger partial charge in [-0.25, -0.2) is 4.39 Å². The minimum absolute atomic E-state index is 0.302. The molecule has 3 aromatic rings. The van der Waals surface area contributed by atoms with Gasteiger partial charge in [0, 0.05) is 5.56 Å². The molecular formula is C20H20FN3O3S. The molecule has 0 aliphatic rings. The number of carbonyl (C=O) groups is 1. The number of para-hydroxylation sites is 1. The topological polar surface area (TPSA) is 66.2 Å². The van der Waals surface area contributed by atoms with Crippen molar-refractivity contribution in [2.75, 3.05) is 13.7 Å². The molecule has 0 N–H and O–H groups in total. The van der Waals surface area contributed by atoms with Crippen molar-refractivity contribution in [2.45, 2.75) is 24.3 Å². The number of nitrogens with zero attached hydrogens (tertiary/aromatic N) is 3. The first-order valence-electron chi connectivity index (χ1n) is 8.73. The van der Waals surface area contributed by atoms with Gasteiger partial charge in [-0.3, -0.25) is 9.36 Å². The molecule has 0 fully saturated rings. The number of carbonyl (C=O) groups excluding carboxylic acids is 1. The Hall–Kier alpha value is -2.87. The van der Waals surface area contributed by atoms with E-state index in [-0.39, 0.29) is 0 Å². The first-order chi connectivity index (χ1) is 13.5. The lowest BCUT2D eigenvalue weighted by Crippen LogP contribution is -2.15. The summed E-state index contributed by atoms with van der Waals surface area (Å²) in [5.74, 6) is 0.391. The molecule has 1 heterocycles. The van der Waals surface area contributed by atoms with Gasteiger partial charge in [0.2, 0.25) is 0 Å². The highest BCUT2D eigenvalue weighted by molar-refractivity contribution is 8.00. The van der Waals surface area contributed by atoms with Crippen LogP contribution in [0.1, 0.15) is 13.8 Å². The quantitative estimate of drug-likeness (QED) is 0.438. The van der Waals surface area contributed by atoms with Crippen LogP contribution in [0.3, 0.4) is 0 Å². The smallest absolute Gasteiger partial charge is 0.318 e.